The highest BCUT2D eigenvalue weighted by atomic mass is 35.5. The molecule has 3 N–H and O–H groups in total. The van der Waals surface area contributed by atoms with Crippen LogP contribution in [0.15, 0.2) is 18.2 Å². The molecule has 1 aromatic rings. The van der Waals surface area contributed by atoms with Gasteiger partial charge in [0.25, 0.3) is 5.91 Å². The van der Waals surface area contributed by atoms with Gasteiger partial charge in [-0.3, -0.25) is 14.4 Å². The molecular weight excluding hydrogens is 402 g/mol. The number of carbonyl (C=O) groups excluding carboxylic acids is 3. The number of anilines is 1. The molecule has 0 aromatic heterocycles. The van der Waals surface area contributed by atoms with Gasteiger partial charge in [0.2, 0.25) is 5.91 Å². The Hall–Kier alpha value is -2.19. The smallest absolute Gasteiger partial charge is 0.306 e. The van der Waals surface area contributed by atoms with E-state index in [2.05, 4.69) is 20.7 Å². The van der Waals surface area contributed by atoms with Crippen molar-refractivity contribution in [2.75, 3.05) is 12.4 Å². The molecule has 28 heavy (non-hydrogen) atoms. The second-order valence-electron chi connectivity index (χ2n) is 6.58. The number of hydrogen-bond acceptors (Lipinski definition) is 5. The van der Waals surface area contributed by atoms with Gasteiger partial charge in [0.1, 0.15) is 0 Å². The third-order valence-corrected chi connectivity index (χ3v) is 4.98. The van der Waals surface area contributed by atoms with Gasteiger partial charge in [-0.15, -0.1) is 0 Å². The van der Waals surface area contributed by atoms with Crippen LogP contribution >= 0.6 is 23.8 Å². The van der Waals surface area contributed by atoms with E-state index >= 15 is 0 Å². The van der Waals surface area contributed by atoms with Crippen LogP contribution in [-0.2, 0) is 14.3 Å². The Morgan fingerprint density at radius 1 is 1.18 bits per heavy atom. The Kier molecular flexibility index (Phi) is 8.66. The van der Waals surface area contributed by atoms with Crippen LogP contribution in [0, 0.1) is 0 Å². The standard InChI is InChI=1S/C19H24ClN3O4S/c1-27-17(25)10-9-16(24)23-19(28)22-13-7-8-15(20)14(11-13)18(26)21-12-5-3-2-4-6-12/h7-8,11-12H,2-6,9-10H2,1H3,(H,21,26)(H2,22,23,24,28). The molecule has 2 amide bonds. The molecule has 9 heteroatoms. The molecule has 1 fully saturated rings. The highest BCUT2D eigenvalue weighted by Gasteiger charge is 2.19. The minimum Gasteiger partial charge on any atom is -0.469 e. The van der Waals surface area contributed by atoms with Crippen molar-refractivity contribution in [3.05, 3.63) is 28.8 Å². The van der Waals surface area contributed by atoms with E-state index in [4.69, 9.17) is 23.8 Å². The molecule has 152 valence electrons. The molecule has 0 saturated heterocycles. The van der Waals surface area contributed by atoms with E-state index in [1.165, 1.54) is 13.5 Å². The number of ether oxygens (including phenoxy) is 1. The molecule has 7 nitrogen and oxygen atoms in total. The number of hydrogen-bond donors (Lipinski definition) is 3. The van der Waals surface area contributed by atoms with Gasteiger partial charge in [-0.2, -0.15) is 0 Å². The highest BCUT2D eigenvalue weighted by molar-refractivity contribution is 7.80. The Morgan fingerprint density at radius 3 is 2.57 bits per heavy atom. The van der Waals surface area contributed by atoms with Gasteiger partial charge in [-0.1, -0.05) is 30.9 Å². The third kappa shape index (κ3) is 7.09. The van der Waals surface area contributed by atoms with E-state index in [1.807, 2.05) is 0 Å². The normalized spacial score (nSPS) is 14.1. The highest BCUT2D eigenvalue weighted by Crippen LogP contribution is 2.22. The summed E-state index contributed by atoms with van der Waals surface area (Å²) in [7, 11) is 1.26. The second kappa shape index (κ2) is 11.0. The van der Waals surface area contributed by atoms with Crippen molar-refractivity contribution in [2.45, 2.75) is 51.0 Å². The Labute approximate surface area is 174 Å². The summed E-state index contributed by atoms with van der Waals surface area (Å²) in [5.41, 5.74) is 0.869. The van der Waals surface area contributed by atoms with Crippen LogP contribution in [0.25, 0.3) is 0 Å². The molecule has 0 atom stereocenters. The summed E-state index contributed by atoms with van der Waals surface area (Å²) in [5.74, 6) is -1.11. The number of esters is 1. The summed E-state index contributed by atoms with van der Waals surface area (Å²) >= 11 is 11.3. The fraction of sp³-hybridized carbons (Fsp3) is 0.474. The number of thiocarbonyl (C=S) groups is 1. The largest absolute Gasteiger partial charge is 0.469 e. The van der Waals surface area contributed by atoms with Crippen LogP contribution in [0.4, 0.5) is 5.69 Å². The summed E-state index contributed by atoms with van der Waals surface area (Å²) in [5, 5.41) is 8.75. The van der Waals surface area contributed by atoms with Crippen molar-refractivity contribution in [3.63, 3.8) is 0 Å². The van der Waals surface area contributed by atoms with Crippen LogP contribution in [0.5, 0.6) is 0 Å². The molecule has 0 spiro atoms. The topological polar surface area (TPSA) is 96.5 Å². The number of nitrogens with one attached hydrogen (secondary N) is 3. The van der Waals surface area contributed by atoms with Crippen LogP contribution < -0.4 is 16.0 Å². The fourth-order valence-corrected chi connectivity index (χ4v) is 3.39. The quantitative estimate of drug-likeness (QED) is 0.478. The number of carbonyl (C=O) groups is 3. The second-order valence-corrected chi connectivity index (χ2v) is 7.40. The van der Waals surface area contributed by atoms with E-state index in [0.717, 1.165) is 25.7 Å². The fourth-order valence-electron chi connectivity index (χ4n) is 2.96. The van der Waals surface area contributed by atoms with Crippen molar-refractivity contribution < 1.29 is 19.1 Å². The van der Waals surface area contributed by atoms with Gasteiger partial charge in [-0.25, -0.2) is 0 Å². The lowest BCUT2D eigenvalue weighted by Gasteiger charge is -2.23. The van der Waals surface area contributed by atoms with E-state index in [-0.39, 0.29) is 29.9 Å². The van der Waals surface area contributed by atoms with E-state index in [9.17, 15) is 14.4 Å². The molecular formula is C19H24ClN3O4S. The molecule has 0 bridgehead atoms. The first-order chi connectivity index (χ1) is 13.4. The molecule has 0 heterocycles. The van der Waals surface area contributed by atoms with Crippen molar-refractivity contribution in [1.29, 1.82) is 0 Å². The van der Waals surface area contributed by atoms with Gasteiger partial charge in [0.15, 0.2) is 5.11 Å². The zero-order chi connectivity index (χ0) is 20.5. The minimum absolute atomic E-state index is 0.0304. The molecule has 1 saturated carbocycles. The molecule has 1 aromatic carbocycles. The number of amides is 2. The van der Waals surface area contributed by atoms with Crippen molar-refractivity contribution >= 4 is 52.4 Å². The average molecular weight is 426 g/mol. The van der Waals surface area contributed by atoms with Gasteiger partial charge >= 0.3 is 5.97 Å². The minimum atomic E-state index is -0.472. The van der Waals surface area contributed by atoms with E-state index in [0.29, 0.717) is 16.3 Å². The van der Waals surface area contributed by atoms with Gasteiger partial charge in [-0.05, 0) is 43.3 Å². The average Bonchev–Trinajstić information content (AvgIpc) is 2.68. The summed E-state index contributed by atoms with van der Waals surface area (Å²) in [6.45, 7) is 0. The van der Waals surface area contributed by atoms with Crippen LogP contribution in [-0.4, -0.2) is 36.0 Å². The predicted molar refractivity (Wildman–Crippen MR) is 111 cm³/mol. The first kappa shape index (κ1) is 22.1. The Balaban J connectivity index is 1.92. The van der Waals surface area contributed by atoms with Crippen LogP contribution in [0.1, 0.15) is 55.3 Å². The van der Waals surface area contributed by atoms with Gasteiger partial charge in [0.05, 0.1) is 24.1 Å². The zero-order valence-corrected chi connectivity index (χ0v) is 17.3. The van der Waals surface area contributed by atoms with E-state index in [1.54, 1.807) is 18.2 Å². The lowest BCUT2D eigenvalue weighted by atomic mass is 9.95. The van der Waals surface area contributed by atoms with Crippen molar-refractivity contribution in [1.82, 2.24) is 10.6 Å². The maximum Gasteiger partial charge on any atom is 0.306 e. The number of halogens is 1. The number of rotatable bonds is 6. The van der Waals surface area contributed by atoms with Gasteiger partial charge < -0.3 is 20.7 Å². The third-order valence-electron chi connectivity index (χ3n) is 4.45. The molecule has 0 aliphatic heterocycles. The number of benzene rings is 1. The maximum absolute atomic E-state index is 12.6. The zero-order valence-electron chi connectivity index (χ0n) is 15.7. The molecule has 0 unspecified atom stereocenters. The Bertz CT molecular complexity index is 751. The number of methoxy groups -OCH3 is 1. The van der Waals surface area contributed by atoms with Crippen LogP contribution in [0.3, 0.4) is 0 Å². The van der Waals surface area contributed by atoms with Crippen molar-refractivity contribution in [3.8, 4) is 0 Å². The van der Waals surface area contributed by atoms with E-state index < -0.39 is 11.9 Å². The van der Waals surface area contributed by atoms with Gasteiger partial charge in [0, 0.05) is 18.2 Å². The molecule has 1 aliphatic rings. The lowest BCUT2D eigenvalue weighted by molar-refractivity contribution is -0.142. The van der Waals surface area contributed by atoms with Crippen LogP contribution in [0.2, 0.25) is 5.02 Å². The van der Waals surface area contributed by atoms with Crippen molar-refractivity contribution in [2.24, 2.45) is 0 Å². The Morgan fingerprint density at radius 2 is 1.89 bits per heavy atom. The molecule has 0 radical (unpaired) electrons. The summed E-state index contributed by atoms with van der Waals surface area (Å²) < 4.78 is 4.48. The SMILES string of the molecule is COC(=O)CCC(=O)NC(=S)Nc1ccc(Cl)c(C(=O)NC2CCCCC2)c1. The first-order valence-corrected chi connectivity index (χ1v) is 9.95. The summed E-state index contributed by atoms with van der Waals surface area (Å²) in [6, 6.07) is 5.02. The molecule has 2 rings (SSSR count). The first-order valence-electron chi connectivity index (χ1n) is 9.17. The summed E-state index contributed by atoms with van der Waals surface area (Å²) in [6.07, 6.45) is 5.32. The predicted octanol–water partition coefficient (Wildman–Crippen LogP) is 3.17. The molecule has 1 aliphatic carbocycles. The monoisotopic (exact) mass is 425 g/mol. The maximum atomic E-state index is 12.6. The lowest BCUT2D eigenvalue weighted by Crippen LogP contribution is -2.36. The summed E-state index contributed by atoms with van der Waals surface area (Å²) in [4.78, 5) is 35.4.